The second-order valence-corrected chi connectivity index (χ2v) is 11.2. The van der Waals surface area contributed by atoms with Crippen LogP contribution in [0.5, 0.6) is 0 Å². The number of halogens is 2. The fourth-order valence-corrected chi connectivity index (χ4v) is 5.50. The summed E-state index contributed by atoms with van der Waals surface area (Å²) in [5, 5.41) is 3.41. The first-order valence-corrected chi connectivity index (χ1v) is 13.3. The van der Waals surface area contributed by atoms with E-state index in [-0.39, 0.29) is 34.4 Å². The predicted octanol–water partition coefficient (Wildman–Crippen LogP) is 3.36. The lowest BCUT2D eigenvalue weighted by Crippen LogP contribution is -2.45. The molecule has 0 radical (unpaired) electrons. The number of benzene rings is 1. The number of ether oxygens (including phenoxy) is 2. The topological polar surface area (TPSA) is 106 Å². The van der Waals surface area contributed by atoms with Gasteiger partial charge in [0.05, 0.1) is 12.6 Å². The molecule has 4 rings (SSSR count). The van der Waals surface area contributed by atoms with E-state index >= 15 is 0 Å². The van der Waals surface area contributed by atoms with E-state index < -0.39 is 27.6 Å². The largest absolute Gasteiger partial charge is 0.365 e. The highest BCUT2D eigenvalue weighted by atomic mass is 32.2. The summed E-state index contributed by atoms with van der Waals surface area (Å²) >= 11 is 1.06. The molecule has 1 aromatic heterocycles. The minimum atomic E-state index is -3.75. The smallest absolute Gasteiger partial charge is 0.302 e. The molecule has 1 aromatic carbocycles. The molecule has 2 N–H and O–H groups in total. The lowest BCUT2D eigenvalue weighted by atomic mass is 10.2. The van der Waals surface area contributed by atoms with E-state index in [0.717, 1.165) is 24.2 Å². The summed E-state index contributed by atoms with van der Waals surface area (Å²) < 4.78 is 68.0. The summed E-state index contributed by atoms with van der Waals surface area (Å²) in [7, 11) is -3.75. The van der Waals surface area contributed by atoms with E-state index in [1.807, 2.05) is 20.8 Å². The number of rotatable bonds is 9. The highest BCUT2D eigenvalue weighted by molar-refractivity contribution is 7.98. The van der Waals surface area contributed by atoms with Crippen molar-refractivity contribution in [3.63, 3.8) is 0 Å². The molecule has 186 valence electrons. The van der Waals surface area contributed by atoms with Crippen molar-refractivity contribution in [1.29, 1.82) is 0 Å². The van der Waals surface area contributed by atoms with Crippen LogP contribution < -0.4 is 10.0 Å². The molecule has 0 saturated carbocycles. The van der Waals surface area contributed by atoms with Gasteiger partial charge in [0.1, 0.15) is 17.7 Å². The van der Waals surface area contributed by atoms with E-state index in [1.165, 1.54) is 22.5 Å². The second kappa shape index (κ2) is 9.90. The molecule has 2 atom stereocenters. The van der Waals surface area contributed by atoms with Gasteiger partial charge in [0.25, 0.3) is 0 Å². The van der Waals surface area contributed by atoms with Crippen LogP contribution in [0.4, 0.5) is 20.4 Å². The van der Waals surface area contributed by atoms with Crippen LogP contribution in [0, 0.1) is 11.6 Å². The number of aromatic nitrogens is 2. The van der Waals surface area contributed by atoms with E-state index in [1.54, 1.807) is 0 Å². The summed E-state index contributed by atoms with van der Waals surface area (Å²) in [5.74, 6) is -2.07. The number of thioether (sulfide) groups is 1. The maximum atomic E-state index is 14.1. The minimum Gasteiger partial charge on any atom is -0.365 e. The van der Waals surface area contributed by atoms with Crippen molar-refractivity contribution < 1.29 is 26.7 Å². The SMILES string of the molecule is C[C@H](Nc1cc(NS(=O)(=O)N2CCC2)nc(SCc2cccc(F)c2F)n1)C1COC(C)(C)O1. The van der Waals surface area contributed by atoms with E-state index in [9.17, 15) is 17.2 Å². The Bertz CT molecular complexity index is 1150. The van der Waals surface area contributed by atoms with Crippen molar-refractivity contribution in [2.24, 2.45) is 0 Å². The van der Waals surface area contributed by atoms with Crippen LogP contribution in [0.15, 0.2) is 29.4 Å². The average Bonchev–Trinajstić information content (AvgIpc) is 3.07. The Morgan fingerprint density at radius 1 is 1.26 bits per heavy atom. The molecule has 0 spiro atoms. The van der Waals surface area contributed by atoms with Crippen molar-refractivity contribution in [2.45, 2.75) is 56.0 Å². The third-order valence-corrected chi connectivity index (χ3v) is 7.85. The molecule has 0 bridgehead atoms. The van der Waals surface area contributed by atoms with Crippen LogP contribution in [-0.2, 0) is 25.4 Å². The highest BCUT2D eigenvalue weighted by Crippen LogP contribution is 2.28. The van der Waals surface area contributed by atoms with Gasteiger partial charge in [-0.05, 0) is 33.3 Å². The van der Waals surface area contributed by atoms with Crippen LogP contribution in [-0.4, -0.2) is 60.3 Å². The maximum Gasteiger partial charge on any atom is 0.302 e. The van der Waals surface area contributed by atoms with Gasteiger partial charge >= 0.3 is 10.2 Å². The first-order valence-electron chi connectivity index (χ1n) is 10.8. The predicted molar refractivity (Wildman–Crippen MR) is 125 cm³/mol. The highest BCUT2D eigenvalue weighted by Gasteiger charge is 2.36. The van der Waals surface area contributed by atoms with Gasteiger partial charge in [-0.1, -0.05) is 23.9 Å². The number of hydrogen-bond donors (Lipinski definition) is 2. The van der Waals surface area contributed by atoms with Crippen molar-refractivity contribution in [3.8, 4) is 0 Å². The Balaban J connectivity index is 1.54. The molecule has 2 aliphatic rings. The van der Waals surface area contributed by atoms with Crippen molar-refractivity contribution in [1.82, 2.24) is 14.3 Å². The van der Waals surface area contributed by atoms with E-state index in [2.05, 4.69) is 20.0 Å². The van der Waals surface area contributed by atoms with Crippen LogP contribution >= 0.6 is 11.8 Å². The molecule has 9 nitrogen and oxygen atoms in total. The Labute approximate surface area is 201 Å². The molecule has 2 fully saturated rings. The van der Waals surface area contributed by atoms with Crippen LogP contribution in [0.2, 0.25) is 0 Å². The molecule has 3 heterocycles. The average molecular weight is 516 g/mol. The minimum absolute atomic E-state index is 0.0642. The number of nitrogens with one attached hydrogen (secondary N) is 2. The van der Waals surface area contributed by atoms with Crippen molar-refractivity contribution in [2.75, 3.05) is 29.7 Å². The number of hydrogen-bond acceptors (Lipinski definition) is 8. The van der Waals surface area contributed by atoms with Gasteiger partial charge < -0.3 is 14.8 Å². The van der Waals surface area contributed by atoms with Crippen LogP contribution in [0.1, 0.15) is 32.8 Å². The summed E-state index contributed by atoms with van der Waals surface area (Å²) in [6.07, 6.45) is 0.554. The zero-order valence-electron chi connectivity index (χ0n) is 19.0. The Morgan fingerprint density at radius 3 is 2.65 bits per heavy atom. The molecule has 2 saturated heterocycles. The Hall–Kier alpha value is -2.06. The van der Waals surface area contributed by atoms with Crippen molar-refractivity contribution in [3.05, 3.63) is 41.5 Å². The molecule has 13 heteroatoms. The molecule has 2 aliphatic heterocycles. The normalized spacial score (nSPS) is 21.1. The van der Waals surface area contributed by atoms with Gasteiger partial charge in [-0.25, -0.2) is 18.7 Å². The molecule has 2 aromatic rings. The molecule has 0 amide bonds. The quantitative estimate of drug-likeness (QED) is 0.387. The fourth-order valence-electron chi connectivity index (χ4n) is 3.43. The third-order valence-electron chi connectivity index (χ3n) is 5.45. The first-order chi connectivity index (χ1) is 16.0. The zero-order chi connectivity index (χ0) is 24.5. The monoisotopic (exact) mass is 515 g/mol. The summed E-state index contributed by atoms with van der Waals surface area (Å²) in [4.78, 5) is 8.71. The molecular formula is C21H27F2N5O4S2. The van der Waals surface area contributed by atoms with Gasteiger partial charge in [0.15, 0.2) is 22.6 Å². The van der Waals surface area contributed by atoms with Crippen molar-refractivity contribution >= 4 is 33.6 Å². The van der Waals surface area contributed by atoms with Gasteiger partial charge in [-0.3, -0.25) is 4.72 Å². The zero-order valence-corrected chi connectivity index (χ0v) is 20.7. The first kappa shape index (κ1) is 25.0. The van der Waals surface area contributed by atoms with Gasteiger partial charge in [0, 0.05) is 30.5 Å². The lowest BCUT2D eigenvalue weighted by Gasteiger charge is -2.29. The summed E-state index contributed by atoms with van der Waals surface area (Å²) in [5.41, 5.74) is 0.154. The molecule has 0 aliphatic carbocycles. The Kier molecular flexibility index (Phi) is 7.29. The van der Waals surface area contributed by atoms with Crippen LogP contribution in [0.25, 0.3) is 0 Å². The van der Waals surface area contributed by atoms with Gasteiger partial charge in [-0.15, -0.1) is 0 Å². The summed E-state index contributed by atoms with van der Waals surface area (Å²) in [6, 6.07) is 5.22. The second-order valence-electron chi connectivity index (χ2n) is 8.58. The lowest BCUT2D eigenvalue weighted by molar-refractivity contribution is -0.139. The maximum absolute atomic E-state index is 14.1. The third kappa shape index (κ3) is 5.95. The molecule has 1 unspecified atom stereocenters. The summed E-state index contributed by atoms with van der Waals surface area (Å²) in [6.45, 7) is 6.83. The van der Waals surface area contributed by atoms with Gasteiger partial charge in [0.2, 0.25) is 0 Å². The number of nitrogens with zero attached hydrogens (tertiary/aromatic N) is 3. The van der Waals surface area contributed by atoms with E-state index in [0.29, 0.717) is 25.5 Å². The fraction of sp³-hybridized carbons (Fsp3) is 0.524. The van der Waals surface area contributed by atoms with Crippen LogP contribution in [0.3, 0.4) is 0 Å². The molecular weight excluding hydrogens is 488 g/mol. The number of anilines is 2. The molecule has 34 heavy (non-hydrogen) atoms. The van der Waals surface area contributed by atoms with E-state index in [4.69, 9.17) is 9.47 Å². The van der Waals surface area contributed by atoms with Gasteiger partial charge in [-0.2, -0.15) is 12.7 Å². The standard InChI is InChI=1S/C21H27F2N5O4S2/c1-13(16-11-31-21(2,3)32-16)24-17-10-18(27-34(29,30)28-8-5-9-28)26-20(25-17)33-12-14-6-4-7-15(22)19(14)23/h4,6-7,10,13,16H,5,8-9,11-12H2,1-3H3,(H2,24,25,26,27)/t13-,16?/m0/s1. The Morgan fingerprint density at radius 2 is 2.00 bits per heavy atom.